The zero-order chi connectivity index (χ0) is 14.7. The summed E-state index contributed by atoms with van der Waals surface area (Å²) in [6.07, 6.45) is 0. The second-order valence-electron chi connectivity index (χ2n) is 3.44. The van der Waals surface area contributed by atoms with Gasteiger partial charge in [-0.25, -0.2) is 0 Å². The van der Waals surface area contributed by atoms with Gasteiger partial charge in [-0.3, -0.25) is 10.1 Å². The van der Waals surface area contributed by atoms with Crippen LogP contribution < -0.4 is 15.2 Å². The number of nitro benzene ring substituents is 1. The van der Waals surface area contributed by atoms with E-state index in [1.54, 1.807) is 0 Å². The van der Waals surface area contributed by atoms with Gasteiger partial charge in [0.1, 0.15) is 10.8 Å². The Morgan fingerprint density at radius 1 is 1.30 bits per heavy atom. The number of hydrogen-bond acceptors (Lipinski definition) is 8. The SMILES string of the molecule is COc1nc(N)nc(Oc2ccc([N+](=O)[O-])c(Cl)c2)n1. The molecule has 0 aliphatic carbocycles. The Labute approximate surface area is 117 Å². The fraction of sp³-hybridized carbons (Fsp3) is 0.100. The molecule has 9 nitrogen and oxygen atoms in total. The normalized spacial score (nSPS) is 10.1. The summed E-state index contributed by atoms with van der Waals surface area (Å²) in [6.45, 7) is 0. The minimum absolute atomic E-state index is 0.0134. The molecule has 0 bridgehead atoms. The smallest absolute Gasteiger partial charge is 0.330 e. The van der Waals surface area contributed by atoms with Crippen LogP contribution in [-0.2, 0) is 0 Å². The van der Waals surface area contributed by atoms with Gasteiger partial charge in [-0.05, 0) is 6.07 Å². The van der Waals surface area contributed by atoms with Crippen molar-refractivity contribution < 1.29 is 14.4 Å². The van der Waals surface area contributed by atoms with Crippen LogP contribution in [0.5, 0.6) is 17.8 Å². The zero-order valence-corrected chi connectivity index (χ0v) is 10.9. The molecule has 104 valence electrons. The minimum Gasteiger partial charge on any atom is -0.467 e. The van der Waals surface area contributed by atoms with Gasteiger partial charge in [-0.1, -0.05) is 11.6 Å². The van der Waals surface area contributed by atoms with Gasteiger partial charge in [0.05, 0.1) is 12.0 Å². The van der Waals surface area contributed by atoms with E-state index < -0.39 is 4.92 Å². The molecule has 0 radical (unpaired) electrons. The molecule has 20 heavy (non-hydrogen) atoms. The average Bonchev–Trinajstić information content (AvgIpc) is 2.37. The summed E-state index contributed by atoms with van der Waals surface area (Å²) in [5.41, 5.74) is 5.21. The van der Waals surface area contributed by atoms with Crippen molar-refractivity contribution in [3.8, 4) is 17.8 Å². The number of nitrogens with zero attached hydrogens (tertiary/aromatic N) is 4. The lowest BCUT2D eigenvalue weighted by Gasteiger charge is -2.05. The Morgan fingerprint density at radius 3 is 2.60 bits per heavy atom. The van der Waals surface area contributed by atoms with Crippen molar-refractivity contribution in [3.05, 3.63) is 33.3 Å². The summed E-state index contributed by atoms with van der Waals surface area (Å²) in [5, 5.41) is 10.6. The number of benzene rings is 1. The lowest BCUT2D eigenvalue weighted by molar-refractivity contribution is -0.384. The number of ether oxygens (including phenoxy) is 2. The topological polar surface area (TPSA) is 126 Å². The van der Waals surface area contributed by atoms with Crippen molar-refractivity contribution in [2.24, 2.45) is 0 Å². The van der Waals surface area contributed by atoms with Gasteiger partial charge in [-0.2, -0.15) is 9.97 Å². The van der Waals surface area contributed by atoms with Gasteiger partial charge in [-0.15, -0.1) is 4.98 Å². The van der Waals surface area contributed by atoms with E-state index in [4.69, 9.17) is 26.8 Å². The molecule has 0 unspecified atom stereocenters. The quantitative estimate of drug-likeness (QED) is 0.668. The third-order valence-corrected chi connectivity index (χ3v) is 2.42. The number of methoxy groups -OCH3 is 1. The van der Waals surface area contributed by atoms with E-state index in [0.29, 0.717) is 0 Å². The molecule has 0 saturated heterocycles. The summed E-state index contributed by atoms with van der Waals surface area (Å²) in [4.78, 5) is 21.3. The summed E-state index contributed by atoms with van der Waals surface area (Å²) >= 11 is 5.76. The van der Waals surface area contributed by atoms with Gasteiger partial charge in [0.25, 0.3) is 5.69 Å². The van der Waals surface area contributed by atoms with E-state index in [2.05, 4.69) is 15.0 Å². The Balaban J connectivity index is 2.28. The fourth-order valence-electron chi connectivity index (χ4n) is 1.29. The minimum atomic E-state index is -0.601. The molecular weight excluding hydrogens is 290 g/mol. The van der Waals surface area contributed by atoms with Crippen molar-refractivity contribution in [3.63, 3.8) is 0 Å². The number of halogens is 1. The standard InChI is InChI=1S/C10H8ClN5O4/c1-19-9-13-8(12)14-10(15-9)20-5-2-3-7(16(17)18)6(11)4-5/h2-4H,1H3,(H2,12,13,14,15). The van der Waals surface area contributed by atoms with E-state index in [9.17, 15) is 10.1 Å². The first-order valence-electron chi connectivity index (χ1n) is 5.17. The highest BCUT2D eigenvalue weighted by Crippen LogP contribution is 2.30. The van der Waals surface area contributed by atoms with Crippen LogP contribution in [0.15, 0.2) is 18.2 Å². The van der Waals surface area contributed by atoms with Crippen molar-refractivity contribution in [2.75, 3.05) is 12.8 Å². The third kappa shape index (κ3) is 3.01. The Hall–Kier alpha value is -2.68. The van der Waals surface area contributed by atoms with E-state index >= 15 is 0 Å². The summed E-state index contributed by atoms with van der Waals surface area (Å²) in [7, 11) is 1.36. The lowest BCUT2D eigenvalue weighted by atomic mass is 10.3. The first kappa shape index (κ1) is 13.7. The summed E-state index contributed by atoms with van der Waals surface area (Å²) in [6, 6.07) is 3.71. The molecule has 0 atom stereocenters. The second kappa shape index (κ2) is 5.53. The van der Waals surface area contributed by atoms with E-state index in [1.807, 2.05) is 0 Å². The lowest BCUT2D eigenvalue weighted by Crippen LogP contribution is -2.02. The van der Waals surface area contributed by atoms with E-state index in [-0.39, 0.29) is 34.4 Å². The summed E-state index contributed by atoms with van der Waals surface area (Å²) < 4.78 is 10.1. The number of nitrogen functional groups attached to an aromatic ring is 1. The van der Waals surface area contributed by atoms with Crippen molar-refractivity contribution in [1.29, 1.82) is 0 Å². The van der Waals surface area contributed by atoms with Gasteiger partial charge in [0, 0.05) is 12.1 Å². The maximum Gasteiger partial charge on any atom is 0.330 e. The predicted octanol–water partition coefficient (Wildman–Crippen LogP) is 1.82. The molecule has 0 spiro atoms. The molecule has 1 heterocycles. The van der Waals surface area contributed by atoms with Crippen LogP contribution in [0.1, 0.15) is 0 Å². The molecule has 0 aliphatic rings. The fourth-order valence-corrected chi connectivity index (χ4v) is 1.53. The Bertz CT molecular complexity index is 666. The molecule has 1 aromatic carbocycles. The van der Waals surface area contributed by atoms with Crippen molar-refractivity contribution in [2.45, 2.75) is 0 Å². The van der Waals surface area contributed by atoms with Crippen LogP contribution in [0.25, 0.3) is 0 Å². The summed E-state index contributed by atoms with van der Waals surface area (Å²) in [5.74, 6) is 0.133. The zero-order valence-electron chi connectivity index (χ0n) is 10.1. The molecule has 2 rings (SSSR count). The van der Waals surface area contributed by atoms with Crippen LogP contribution >= 0.6 is 11.6 Å². The Kier molecular flexibility index (Phi) is 3.80. The number of nitrogens with two attached hydrogens (primary N) is 1. The first-order chi connectivity index (χ1) is 9.49. The van der Waals surface area contributed by atoms with Gasteiger partial charge in [0.15, 0.2) is 0 Å². The molecule has 10 heteroatoms. The Morgan fingerprint density at radius 2 is 2.00 bits per heavy atom. The molecule has 2 aromatic rings. The molecular formula is C10H8ClN5O4. The number of nitro groups is 1. The van der Waals surface area contributed by atoms with Gasteiger partial charge in [0.2, 0.25) is 5.95 Å². The van der Waals surface area contributed by atoms with Crippen LogP contribution in [0.3, 0.4) is 0 Å². The number of aromatic nitrogens is 3. The number of hydrogen-bond donors (Lipinski definition) is 1. The molecule has 0 amide bonds. The van der Waals surface area contributed by atoms with Crippen LogP contribution in [0.2, 0.25) is 5.02 Å². The van der Waals surface area contributed by atoms with E-state index in [1.165, 1.54) is 25.3 Å². The average molecular weight is 298 g/mol. The van der Waals surface area contributed by atoms with Gasteiger partial charge >= 0.3 is 12.0 Å². The molecule has 2 N–H and O–H groups in total. The van der Waals surface area contributed by atoms with Crippen LogP contribution in [0, 0.1) is 10.1 Å². The van der Waals surface area contributed by atoms with Crippen LogP contribution in [-0.4, -0.2) is 27.0 Å². The maximum absolute atomic E-state index is 10.6. The van der Waals surface area contributed by atoms with E-state index in [0.717, 1.165) is 0 Å². The molecule has 1 aromatic heterocycles. The largest absolute Gasteiger partial charge is 0.467 e. The maximum atomic E-state index is 10.6. The molecule has 0 saturated carbocycles. The first-order valence-corrected chi connectivity index (χ1v) is 5.54. The third-order valence-electron chi connectivity index (χ3n) is 2.12. The second-order valence-corrected chi connectivity index (χ2v) is 3.84. The van der Waals surface area contributed by atoms with Crippen LogP contribution in [0.4, 0.5) is 11.6 Å². The van der Waals surface area contributed by atoms with Gasteiger partial charge < -0.3 is 15.2 Å². The number of rotatable bonds is 4. The highest BCUT2D eigenvalue weighted by atomic mass is 35.5. The number of anilines is 1. The highest BCUT2D eigenvalue weighted by Gasteiger charge is 2.14. The highest BCUT2D eigenvalue weighted by molar-refractivity contribution is 6.32. The van der Waals surface area contributed by atoms with Crippen molar-refractivity contribution >= 4 is 23.2 Å². The molecule has 0 aliphatic heterocycles. The predicted molar refractivity (Wildman–Crippen MR) is 69.0 cm³/mol. The monoisotopic (exact) mass is 297 g/mol. The van der Waals surface area contributed by atoms with Crippen molar-refractivity contribution in [1.82, 2.24) is 15.0 Å². The molecule has 0 fully saturated rings.